The van der Waals surface area contributed by atoms with Gasteiger partial charge >= 0.3 is 0 Å². The van der Waals surface area contributed by atoms with E-state index >= 15 is 0 Å². The first-order valence-electron chi connectivity index (χ1n) is 11.7. The molecule has 0 bridgehead atoms. The van der Waals surface area contributed by atoms with Crippen LogP contribution in [0.25, 0.3) is 6.08 Å². The second-order valence-corrected chi connectivity index (χ2v) is 9.73. The Morgan fingerprint density at radius 3 is 2.29 bits per heavy atom. The molecule has 1 fully saturated rings. The normalized spacial score (nSPS) is 16.8. The van der Waals surface area contributed by atoms with Crippen LogP contribution in [0, 0.1) is 5.92 Å². The fourth-order valence-corrected chi connectivity index (χ4v) is 4.77. The van der Waals surface area contributed by atoms with Gasteiger partial charge in [0.1, 0.15) is 0 Å². The van der Waals surface area contributed by atoms with Crippen molar-refractivity contribution in [3.63, 3.8) is 0 Å². The highest BCUT2D eigenvalue weighted by Gasteiger charge is 2.37. The number of nitrogens with zero attached hydrogens (tertiary/aromatic N) is 2. The number of hydrogen-bond acceptors (Lipinski definition) is 5. The molecule has 0 unspecified atom stereocenters. The molecule has 1 aliphatic rings. The Morgan fingerprint density at radius 2 is 1.63 bits per heavy atom. The van der Waals surface area contributed by atoms with Gasteiger partial charge in [-0.15, -0.1) is 0 Å². The Hall–Kier alpha value is -3.51. The van der Waals surface area contributed by atoms with Gasteiger partial charge in [0.05, 0.1) is 30.4 Å². The molecule has 1 amide bonds. The van der Waals surface area contributed by atoms with Gasteiger partial charge in [0.25, 0.3) is 5.91 Å². The monoisotopic (exact) mass is 486 g/mol. The van der Waals surface area contributed by atoms with E-state index in [9.17, 15) is 4.79 Å². The number of carbonyl (C=O) groups is 1. The van der Waals surface area contributed by atoms with Crippen molar-refractivity contribution in [1.29, 1.82) is 0 Å². The molecule has 1 atom stereocenters. The highest BCUT2D eigenvalue weighted by atomic mass is 32.2. The quantitative estimate of drug-likeness (QED) is 0.319. The zero-order chi connectivity index (χ0) is 24.8. The Bertz CT molecular complexity index is 1220. The van der Waals surface area contributed by atoms with Gasteiger partial charge in [-0.25, -0.2) is 4.99 Å². The summed E-state index contributed by atoms with van der Waals surface area (Å²) in [6, 6.07) is 25.3. The molecule has 1 heterocycles. The Kier molecular flexibility index (Phi) is 7.93. The standard InChI is InChI=1S/C29H30N2O3S/c1-20(2)19-34-25-16-15-22(17-26(25)33-4)18-27-28(32)31(21(3)23-11-7-5-8-12-23)29(35-27)30-24-13-9-6-10-14-24/h5-18,20-21H,19H2,1-4H3/b27-18+,30-29?/t21-/m1/s1. The van der Waals surface area contributed by atoms with Crippen LogP contribution in [-0.4, -0.2) is 29.7 Å². The number of benzene rings is 3. The Labute approximate surface area is 211 Å². The molecule has 4 rings (SSSR count). The number of methoxy groups -OCH3 is 1. The number of rotatable bonds is 8. The highest BCUT2D eigenvalue weighted by molar-refractivity contribution is 8.18. The van der Waals surface area contributed by atoms with E-state index in [2.05, 4.69) is 13.8 Å². The topological polar surface area (TPSA) is 51.1 Å². The van der Waals surface area contributed by atoms with Crippen molar-refractivity contribution in [2.24, 2.45) is 10.9 Å². The van der Waals surface area contributed by atoms with Crippen LogP contribution in [0.5, 0.6) is 11.5 Å². The summed E-state index contributed by atoms with van der Waals surface area (Å²) in [5.41, 5.74) is 2.72. The van der Waals surface area contributed by atoms with Crippen LogP contribution in [-0.2, 0) is 4.79 Å². The van der Waals surface area contributed by atoms with E-state index in [1.54, 1.807) is 12.0 Å². The second kappa shape index (κ2) is 11.3. The van der Waals surface area contributed by atoms with Gasteiger partial charge in [0.2, 0.25) is 0 Å². The summed E-state index contributed by atoms with van der Waals surface area (Å²) >= 11 is 1.39. The van der Waals surface area contributed by atoms with Gasteiger partial charge in [-0.3, -0.25) is 9.69 Å². The minimum atomic E-state index is -0.161. The molecule has 3 aromatic carbocycles. The van der Waals surface area contributed by atoms with Crippen LogP contribution in [0.1, 0.15) is 37.9 Å². The minimum Gasteiger partial charge on any atom is -0.493 e. The number of aliphatic imine (C=N–C) groups is 1. The summed E-state index contributed by atoms with van der Waals surface area (Å²) in [6.45, 7) is 6.84. The number of hydrogen-bond donors (Lipinski definition) is 0. The fourth-order valence-electron chi connectivity index (χ4n) is 3.70. The lowest BCUT2D eigenvalue weighted by molar-refractivity contribution is -0.123. The average molecular weight is 487 g/mol. The van der Waals surface area contributed by atoms with Crippen LogP contribution >= 0.6 is 11.8 Å². The van der Waals surface area contributed by atoms with E-state index in [1.165, 1.54) is 11.8 Å². The van der Waals surface area contributed by atoms with Crippen LogP contribution < -0.4 is 9.47 Å². The van der Waals surface area contributed by atoms with Crippen molar-refractivity contribution in [1.82, 2.24) is 4.90 Å². The first-order chi connectivity index (χ1) is 17.0. The van der Waals surface area contributed by atoms with Crippen LogP contribution in [0.4, 0.5) is 5.69 Å². The first kappa shape index (κ1) is 24.6. The zero-order valence-corrected chi connectivity index (χ0v) is 21.3. The zero-order valence-electron chi connectivity index (χ0n) is 20.5. The molecule has 1 saturated heterocycles. The van der Waals surface area contributed by atoms with Crippen molar-refractivity contribution < 1.29 is 14.3 Å². The van der Waals surface area contributed by atoms with Gasteiger partial charge in [-0.05, 0) is 66.1 Å². The number of carbonyl (C=O) groups excluding carboxylic acids is 1. The third kappa shape index (κ3) is 5.95. The van der Waals surface area contributed by atoms with Crippen LogP contribution in [0.3, 0.4) is 0 Å². The van der Waals surface area contributed by atoms with Crippen molar-refractivity contribution >= 4 is 34.6 Å². The maximum absolute atomic E-state index is 13.6. The third-order valence-corrected chi connectivity index (χ3v) is 6.53. The summed E-state index contributed by atoms with van der Waals surface area (Å²) in [5.74, 6) is 1.68. The molecule has 180 valence electrons. The Morgan fingerprint density at radius 1 is 0.943 bits per heavy atom. The molecule has 3 aromatic rings. The summed E-state index contributed by atoms with van der Waals surface area (Å²) in [7, 11) is 1.62. The number of amidine groups is 1. The van der Waals surface area contributed by atoms with E-state index in [4.69, 9.17) is 14.5 Å². The molecule has 0 spiro atoms. The molecular weight excluding hydrogens is 456 g/mol. The van der Waals surface area contributed by atoms with Crippen molar-refractivity contribution in [3.8, 4) is 11.5 Å². The molecule has 0 N–H and O–H groups in total. The van der Waals surface area contributed by atoms with E-state index in [-0.39, 0.29) is 11.9 Å². The molecular formula is C29H30N2O3S. The number of para-hydroxylation sites is 1. The molecule has 6 heteroatoms. The largest absolute Gasteiger partial charge is 0.493 e. The third-order valence-electron chi connectivity index (χ3n) is 5.54. The molecule has 0 aromatic heterocycles. The van der Waals surface area contributed by atoms with Crippen LogP contribution in [0.2, 0.25) is 0 Å². The van der Waals surface area contributed by atoms with Crippen molar-refractivity contribution in [2.75, 3.05) is 13.7 Å². The predicted octanol–water partition coefficient (Wildman–Crippen LogP) is 7.10. The molecule has 1 aliphatic heterocycles. The van der Waals surface area contributed by atoms with Crippen molar-refractivity contribution in [2.45, 2.75) is 26.8 Å². The molecule has 0 aliphatic carbocycles. The second-order valence-electron chi connectivity index (χ2n) is 8.72. The highest BCUT2D eigenvalue weighted by Crippen LogP contribution is 2.40. The lowest BCUT2D eigenvalue weighted by Crippen LogP contribution is -2.32. The SMILES string of the molecule is COc1cc(/C=C2/SC(=Nc3ccccc3)N([C@H](C)c3ccccc3)C2=O)ccc1OCC(C)C. The summed E-state index contributed by atoms with van der Waals surface area (Å²) in [6.07, 6.45) is 1.89. The molecule has 0 radical (unpaired) electrons. The van der Waals surface area contributed by atoms with Crippen LogP contribution in [0.15, 0.2) is 88.8 Å². The lowest BCUT2D eigenvalue weighted by Gasteiger charge is -2.24. The summed E-state index contributed by atoms with van der Waals surface area (Å²) < 4.78 is 11.4. The average Bonchev–Trinajstić information content (AvgIpc) is 3.17. The maximum Gasteiger partial charge on any atom is 0.267 e. The van der Waals surface area contributed by atoms with E-state index in [0.717, 1.165) is 16.8 Å². The predicted molar refractivity (Wildman–Crippen MR) is 144 cm³/mol. The minimum absolute atomic E-state index is 0.0693. The van der Waals surface area contributed by atoms with Gasteiger partial charge < -0.3 is 9.47 Å². The first-order valence-corrected chi connectivity index (χ1v) is 12.5. The number of ether oxygens (including phenoxy) is 2. The number of amides is 1. The molecule has 0 saturated carbocycles. The van der Waals surface area contributed by atoms with Gasteiger partial charge in [-0.1, -0.05) is 68.4 Å². The maximum atomic E-state index is 13.6. The molecule has 5 nitrogen and oxygen atoms in total. The van der Waals surface area contributed by atoms with Gasteiger partial charge in [0.15, 0.2) is 16.7 Å². The van der Waals surface area contributed by atoms with Gasteiger partial charge in [-0.2, -0.15) is 0 Å². The van der Waals surface area contributed by atoms with E-state index in [0.29, 0.717) is 34.1 Å². The molecule has 35 heavy (non-hydrogen) atoms. The summed E-state index contributed by atoms with van der Waals surface area (Å²) in [5, 5.41) is 0.660. The van der Waals surface area contributed by atoms with E-state index in [1.807, 2.05) is 91.9 Å². The number of thioether (sulfide) groups is 1. The Balaban J connectivity index is 1.68. The smallest absolute Gasteiger partial charge is 0.267 e. The van der Waals surface area contributed by atoms with E-state index < -0.39 is 0 Å². The van der Waals surface area contributed by atoms with Gasteiger partial charge in [0, 0.05) is 0 Å². The van der Waals surface area contributed by atoms with Crippen molar-refractivity contribution in [3.05, 3.63) is 94.9 Å². The fraction of sp³-hybridized carbons (Fsp3) is 0.241. The summed E-state index contributed by atoms with van der Waals surface area (Å²) in [4.78, 5) is 20.8. The lowest BCUT2D eigenvalue weighted by atomic mass is 10.1.